The van der Waals surface area contributed by atoms with Crippen LogP contribution in [-0.2, 0) is 4.74 Å². The molecule has 0 spiro atoms. The summed E-state index contributed by atoms with van der Waals surface area (Å²) in [5.41, 5.74) is 5.67. The normalized spacial score (nSPS) is 31.9. The zero-order chi connectivity index (χ0) is 15.0. The highest BCUT2D eigenvalue weighted by atomic mass is 16.6. The van der Waals surface area contributed by atoms with Crippen LogP contribution in [0.4, 0.5) is 4.79 Å². The molecule has 2 fully saturated rings. The number of hydrogen-bond acceptors (Lipinski definition) is 4. The highest BCUT2D eigenvalue weighted by Crippen LogP contribution is 2.45. The van der Waals surface area contributed by atoms with Crippen LogP contribution in [0.2, 0.25) is 0 Å². The Bertz CT molecular complexity index is 351. The van der Waals surface area contributed by atoms with Gasteiger partial charge >= 0.3 is 6.09 Å². The monoisotopic (exact) mass is 284 g/mol. The minimum atomic E-state index is -0.442. The number of nitrogens with zero attached hydrogens (tertiary/aromatic N) is 1. The lowest BCUT2D eigenvalue weighted by Crippen LogP contribution is -2.60. The predicted octanol–water partition coefficient (Wildman–Crippen LogP) is 1.73. The van der Waals surface area contributed by atoms with E-state index in [0.29, 0.717) is 12.5 Å². The Kier molecular flexibility index (Phi) is 4.30. The highest BCUT2D eigenvalue weighted by Gasteiger charge is 2.47. The minimum Gasteiger partial charge on any atom is -0.444 e. The van der Waals surface area contributed by atoms with Gasteiger partial charge in [0.1, 0.15) is 5.60 Å². The van der Waals surface area contributed by atoms with Gasteiger partial charge in [-0.25, -0.2) is 4.79 Å². The SMILES string of the molecule is CC(C)(C)OC(=O)N1CC(C2(CN)CCC(O)CC2)C1. The number of carbonyl (C=O) groups excluding carboxylic acids is 1. The second-order valence-electron chi connectivity index (χ2n) is 7.38. The molecule has 0 radical (unpaired) electrons. The van der Waals surface area contributed by atoms with Gasteiger partial charge in [-0.05, 0) is 58.4 Å². The van der Waals surface area contributed by atoms with Crippen LogP contribution in [0.25, 0.3) is 0 Å². The van der Waals surface area contributed by atoms with Crippen molar-refractivity contribution in [3.05, 3.63) is 0 Å². The molecule has 20 heavy (non-hydrogen) atoms. The summed E-state index contributed by atoms with van der Waals surface area (Å²) < 4.78 is 5.38. The van der Waals surface area contributed by atoms with Gasteiger partial charge in [0.25, 0.3) is 0 Å². The molecule has 1 aliphatic heterocycles. The predicted molar refractivity (Wildman–Crippen MR) is 77.3 cm³/mol. The third-order valence-corrected chi connectivity index (χ3v) is 4.76. The zero-order valence-electron chi connectivity index (χ0n) is 12.9. The molecule has 0 bridgehead atoms. The van der Waals surface area contributed by atoms with Crippen molar-refractivity contribution in [1.82, 2.24) is 4.90 Å². The lowest BCUT2D eigenvalue weighted by atomic mass is 9.63. The molecule has 5 nitrogen and oxygen atoms in total. The van der Waals surface area contributed by atoms with Crippen molar-refractivity contribution in [2.45, 2.75) is 58.2 Å². The molecule has 0 aromatic rings. The van der Waals surface area contributed by atoms with E-state index in [1.54, 1.807) is 4.90 Å². The molecule has 1 saturated carbocycles. The molecule has 116 valence electrons. The summed E-state index contributed by atoms with van der Waals surface area (Å²) in [7, 11) is 0. The average molecular weight is 284 g/mol. The van der Waals surface area contributed by atoms with Gasteiger partial charge in [-0.3, -0.25) is 0 Å². The van der Waals surface area contributed by atoms with Crippen LogP contribution in [0.15, 0.2) is 0 Å². The summed E-state index contributed by atoms with van der Waals surface area (Å²) in [4.78, 5) is 13.7. The number of rotatable bonds is 2. The Hall–Kier alpha value is -0.810. The summed E-state index contributed by atoms with van der Waals surface area (Å²) in [6.07, 6.45) is 3.21. The Morgan fingerprint density at radius 1 is 1.35 bits per heavy atom. The summed E-state index contributed by atoms with van der Waals surface area (Å²) >= 11 is 0. The number of nitrogens with two attached hydrogens (primary N) is 1. The number of aliphatic hydroxyl groups excluding tert-OH is 1. The van der Waals surface area contributed by atoms with Crippen LogP contribution in [0.3, 0.4) is 0 Å². The van der Waals surface area contributed by atoms with E-state index in [-0.39, 0.29) is 17.6 Å². The number of hydrogen-bond donors (Lipinski definition) is 2. The maximum atomic E-state index is 11.9. The second kappa shape index (κ2) is 5.53. The number of amides is 1. The number of carbonyl (C=O) groups is 1. The molecule has 1 amide bonds. The number of aliphatic hydroxyl groups is 1. The molecular weight excluding hydrogens is 256 g/mol. The van der Waals surface area contributed by atoms with Crippen LogP contribution >= 0.6 is 0 Å². The van der Waals surface area contributed by atoms with E-state index in [2.05, 4.69) is 0 Å². The number of likely N-dealkylation sites (tertiary alicyclic amines) is 1. The van der Waals surface area contributed by atoms with Crippen LogP contribution in [-0.4, -0.2) is 47.4 Å². The topological polar surface area (TPSA) is 75.8 Å². The molecule has 0 atom stereocenters. The van der Waals surface area contributed by atoms with Gasteiger partial charge in [0.2, 0.25) is 0 Å². The first kappa shape index (κ1) is 15.6. The van der Waals surface area contributed by atoms with Gasteiger partial charge in [0, 0.05) is 19.0 Å². The molecule has 2 rings (SSSR count). The lowest BCUT2D eigenvalue weighted by Gasteiger charge is -2.52. The maximum absolute atomic E-state index is 11.9. The van der Waals surface area contributed by atoms with Gasteiger partial charge in [-0.2, -0.15) is 0 Å². The van der Waals surface area contributed by atoms with Gasteiger partial charge in [-0.1, -0.05) is 0 Å². The van der Waals surface area contributed by atoms with Gasteiger partial charge < -0.3 is 20.5 Å². The summed E-state index contributed by atoms with van der Waals surface area (Å²) in [5, 5.41) is 9.65. The molecule has 3 N–H and O–H groups in total. The minimum absolute atomic E-state index is 0.109. The van der Waals surface area contributed by atoms with Crippen molar-refractivity contribution in [2.75, 3.05) is 19.6 Å². The van der Waals surface area contributed by atoms with E-state index in [1.165, 1.54) is 0 Å². The zero-order valence-corrected chi connectivity index (χ0v) is 12.9. The van der Waals surface area contributed by atoms with E-state index in [9.17, 15) is 9.90 Å². The Morgan fingerprint density at radius 3 is 2.35 bits per heavy atom. The number of ether oxygens (including phenoxy) is 1. The third-order valence-electron chi connectivity index (χ3n) is 4.76. The quantitative estimate of drug-likeness (QED) is 0.810. The molecule has 0 unspecified atom stereocenters. The van der Waals surface area contributed by atoms with E-state index < -0.39 is 5.60 Å². The van der Waals surface area contributed by atoms with Crippen LogP contribution in [0, 0.1) is 11.3 Å². The summed E-state index contributed by atoms with van der Waals surface area (Å²) in [5.74, 6) is 0.451. The Labute approximate surface area is 121 Å². The van der Waals surface area contributed by atoms with Crippen LogP contribution in [0.1, 0.15) is 46.5 Å². The molecule has 1 aliphatic carbocycles. The molecule has 5 heteroatoms. The first-order valence-electron chi connectivity index (χ1n) is 7.62. The molecular formula is C15H28N2O3. The smallest absolute Gasteiger partial charge is 0.410 e. The Balaban J connectivity index is 1.87. The van der Waals surface area contributed by atoms with Gasteiger partial charge in [0.05, 0.1) is 6.10 Å². The summed E-state index contributed by atoms with van der Waals surface area (Å²) in [6.45, 7) is 7.77. The fourth-order valence-electron chi connectivity index (χ4n) is 3.30. The van der Waals surface area contributed by atoms with E-state index in [4.69, 9.17) is 10.5 Å². The Morgan fingerprint density at radius 2 is 1.90 bits per heavy atom. The largest absolute Gasteiger partial charge is 0.444 e. The van der Waals surface area contributed by atoms with Crippen molar-refractivity contribution in [3.63, 3.8) is 0 Å². The second-order valence-corrected chi connectivity index (χ2v) is 7.38. The van der Waals surface area contributed by atoms with Gasteiger partial charge in [0.15, 0.2) is 0 Å². The molecule has 0 aromatic heterocycles. The molecule has 1 saturated heterocycles. The molecule has 0 aromatic carbocycles. The summed E-state index contributed by atoms with van der Waals surface area (Å²) in [6, 6.07) is 0. The van der Waals surface area contributed by atoms with E-state index >= 15 is 0 Å². The van der Waals surface area contributed by atoms with Crippen molar-refractivity contribution < 1.29 is 14.6 Å². The van der Waals surface area contributed by atoms with Gasteiger partial charge in [-0.15, -0.1) is 0 Å². The van der Waals surface area contributed by atoms with E-state index in [1.807, 2.05) is 20.8 Å². The maximum Gasteiger partial charge on any atom is 0.410 e. The third kappa shape index (κ3) is 3.26. The van der Waals surface area contributed by atoms with Crippen LogP contribution in [0.5, 0.6) is 0 Å². The fourth-order valence-corrected chi connectivity index (χ4v) is 3.30. The first-order chi connectivity index (χ1) is 9.26. The van der Waals surface area contributed by atoms with Crippen molar-refractivity contribution in [2.24, 2.45) is 17.1 Å². The molecule has 2 aliphatic rings. The first-order valence-corrected chi connectivity index (χ1v) is 7.62. The van der Waals surface area contributed by atoms with Crippen molar-refractivity contribution in [3.8, 4) is 0 Å². The fraction of sp³-hybridized carbons (Fsp3) is 0.933. The van der Waals surface area contributed by atoms with Crippen LogP contribution < -0.4 is 5.73 Å². The van der Waals surface area contributed by atoms with Crippen molar-refractivity contribution >= 4 is 6.09 Å². The lowest BCUT2D eigenvalue weighted by molar-refractivity contribution is -0.0537. The standard InChI is InChI=1S/C15H28N2O3/c1-14(2,3)20-13(19)17-8-11(9-17)15(10-16)6-4-12(18)5-7-15/h11-12,18H,4-10,16H2,1-3H3. The highest BCUT2D eigenvalue weighted by molar-refractivity contribution is 5.69. The van der Waals surface area contributed by atoms with Crippen molar-refractivity contribution in [1.29, 1.82) is 0 Å². The average Bonchev–Trinajstić information content (AvgIpc) is 2.27. The van der Waals surface area contributed by atoms with E-state index in [0.717, 1.165) is 38.8 Å². The molecule has 1 heterocycles.